The number of carbonyl (C=O) groups is 1. The van der Waals surface area contributed by atoms with Crippen LogP contribution in [0.15, 0.2) is 10.9 Å². The first-order chi connectivity index (χ1) is 8.82. The number of fused-ring (bicyclic) bond motifs is 1. The number of anilines is 1. The third kappa shape index (κ3) is 2.42. The van der Waals surface area contributed by atoms with E-state index in [-0.39, 0.29) is 12.4 Å². The van der Waals surface area contributed by atoms with Crippen LogP contribution in [-0.4, -0.2) is 22.2 Å². The standard InChI is InChI=1S/C11H11F3N2O3/c12-11(13,14)6-5-7(17)16-4-2-1-3-15-9(16)8(6)10(18)19/h5,15H,1-4H2,(H,18,19). The highest BCUT2D eigenvalue weighted by molar-refractivity contribution is 5.95. The Hall–Kier alpha value is -1.99. The van der Waals surface area contributed by atoms with Gasteiger partial charge in [-0.3, -0.25) is 9.36 Å². The highest BCUT2D eigenvalue weighted by atomic mass is 19.4. The lowest BCUT2D eigenvalue weighted by Gasteiger charge is -2.17. The van der Waals surface area contributed by atoms with Crippen molar-refractivity contribution >= 4 is 11.8 Å². The van der Waals surface area contributed by atoms with Crippen molar-refractivity contribution in [3.05, 3.63) is 27.5 Å². The second-order valence-corrected chi connectivity index (χ2v) is 4.21. The SMILES string of the molecule is O=C(O)c1c(C(F)(F)F)cc(=O)n2c1NCCCC2. The molecule has 5 nitrogen and oxygen atoms in total. The maximum Gasteiger partial charge on any atom is 0.417 e. The molecule has 2 rings (SSSR count). The number of halogens is 3. The van der Waals surface area contributed by atoms with Gasteiger partial charge in [-0.1, -0.05) is 0 Å². The average molecular weight is 276 g/mol. The van der Waals surface area contributed by atoms with Crippen molar-refractivity contribution in [3.8, 4) is 0 Å². The summed E-state index contributed by atoms with van der Waals surface area (Å²) >= 11 is 0. The summed E-state index contributed by atoms with van der Waals surface area (Å²) in [5.74, 6) is -1.96. The van der Waals surface area contributed by atoms with Gasteiger partial charge in [-0.05, 0) is 12.8 Å². The van der Waals surface area contributed by atoms with Gasteiger partial charge in [0.1, 0.15) is 11.4 Å². The van der Waals surface area contributed by atoms with E-state index < -0.39 is 28.8 Å². The number of hydrogen-bond donors (Lipinski definition) is 2. The summed E-state index contributed by atoms with van der Waals surface area (Å²) in [5.41, 5.74) is -3.15. The zero-order chi connectivity index (χ0) is 14.2. The molecule has 1 aliphatic heterocycles. The van der Waals surface area contributed by atoms with Crippen LogP contribution >= 0.6 is 0 Å². The number of carboxylic acid groups (broad SMARTS) is 1. The summed E-state index contributed by atoms with van der Waals surface area (Å²) in [5, 5.41) is 11.6. The van der Waals surface area contributed by atoms with Gasteiger partial charge in [0.25, 0.3) is 5.56 Å². The number of carboxylic acids is 1. The zero-order valence-electron chi connectivity index (χ0n) is 9.75. The van der Waals surface area contributed by atoms with Gasteiger partial charge >= 0.3 is 12.1 Å². The molecule has 0 unspecified atom stereocenters. The number of aromatic nitrogens is 1. The van der Waals surface area contributed by atoms with E-state index in [1.165, 1.54) is 0 Å². The summed E-state index contributed by atoms with van der Waals surface area (Å²) < 4.78 is 39.5. The monoisotopic (exact) mass is 276 g/mol. The molecule has 0 radical (unpaired) electrons. The van der Waals surface area contributed by atoms with Crippen molar-refractivity contribution < 1.29 is 23.1 Å². The number of alkyl halides is 3. The molecule has 0 amide bonds. The van der Waals surface area contributed by atoms with Gasteiger partial charge in [0.2, 0.25) is 0 Å². The molecule has 0 atom stereocenters. The van der Waals surface area contributed by atoms with Crippen LogP contribution in [0.1, 0.15) is 28.8 Å². The van der Waals surface area contributed by atoms with Crippen LogP contribution in [-0.2, 0) is 12.7 Å². The summed E-state index contributed by atoms with van der Waals surface area (Å²) in [7, 11) is 0. The fraction of sp³-hybridized carbons (Fsp3) is 0.455. The molecule has 2 heterocycles. The van der Waals surface area contributed by atoms with Crippen molar-refractivity contribution in [1.29, 1.82) is 0 Å². The van der Waals surface area contributed by atoms with Gasteiger partial charge in [0.05, 0.1) is 5.56 Å². The number of nitrogens with one attached hydrogen (secondary N) is 1. The van der Waals surface area contributed by atoms with E-state index in [0.717, 1.165) is 4.57 Å². The Morgan fingerprint density at radius 1 is 1.37 bits per heavy atom. The van der Waals surface area contributed by atoms with Gasteiger partial charge in [0, 0.05) is 19.2 Å². The van der Waals surface area contributed by atoms with Gasteiger partial charge in [-0.2, -0.15) is 13.2 Å². The topological polar surface area (TPSA) is 71.3 Å². The third-order valence-corrected chi connectivity index (χ3v) is 2.93. The molecule has 1 aliphatic rings. The quantitative estimate of drug-likeness (QED) is 0.820. The fourth-order valence-electron chi connectivity index (χ4n) is 2.09. The molecule has 0 saturated carbocycles. The number of pyridine rings is 1. The van der Waals surface area contributed by atoms with Crippen LogP contribution in [0.2, 0.25) is 0 Å². The van der Waals surface area contributed by atoms with Gasteiger partial charge in [0.15, 0.2) is 0 Å². The zero-order valence-corrected chi connectivity index (χ0v) is 9.75. The lowest BCUT2D eigenvalue weighted by atomic mass is 10.1. The van der Waals surface area contributed by atoms with E-state index in [0.29, 0.717) is 25.5 Å². The third-order valence-electron chi connectivity index (χ3n) is 2.93. The number of aromatic carboxylic acids is 1. The van der Waals surface area contributed by atoms with E-state index in [1.54, 1.807) is 0 Å². The second-order valence-electron chi connectivity index (χ2n) is 4.21. The first-order valence-electron chi connectivity index (χ1n) is 5.64. The van der Waals surface area contributed by atoms with E-state index in [4.69, 9.17) is 5.11 Å². The number of nitrogens with zero attached hydrogens (tertiary/aromatic N) is 1. The Balaban J connectivity index is 2.78. The first-order valence-corrected chi connectivity index (χ1v) is 5.64. The second kappa shape index (κ2) is 4.60. The smallest absolute Gasteiger partial charge is 0.417 e. The Morgan fingerprint density at radius 2 is 2.05 bits per heavy atom. The Kier molecular flexibility index (Phi) is 3.25. The molecular formula is C11H11F3N2O3. The summed E-state index contributed by atoms with van der Waals surface area (Å²) in [6.07, 6.45) is -3.62. The molecule has 2 N–H and O–H groups in total. The predicted molar refractivity (Wildman–Crippen MR) is 60.4 cm³/mol. The maximum absolute atomic E-state index is 12.8. The van der Waals surface area contributed by atoms with E-state index >= 15 is 0 Å². The number of rotatable bonds is 1. The van der Waals surface area contributed by atoms with E-state index in [9.17, 15) is 22.8 Å². The van der Waals surface area contributed by atoms with Crippen molar-refractivity contribution in [2.75, 3.05) is 11.9 Å². The molecule has 19 heavy (non-hydrogen) atoms. The Bertz CT molecular complexity index is 578. The maximum atomic E-state index is 12.8. The Morgan fingerprint density at radius 3 is 2.63 bits per heavy atom. The van der Waals surface area contributed by atoms with Crippen molar-refractivity contribution in [3.63, 3.8) is 0 Å². The summed E-state index contributed by atoms with van der Waals surface area (Å²) in [6.45, 7) is 0.542. The van der Waals surface area contributed by atoms with Crippen LogP contribution < -0.4 is 10.9 Å². The average Bonchev–Trinajstić information content (AvgIpc) is 2.52. The normalized spacial score (nSPS) is 15.3. The highest BCUT2D eigenvalue weighted by Gasteiger charge is 2.38. The fourth-order valence-corrected chi connectivity index (χ4v) is 2.09. The van der Waals surface area contributed by atoms with Gasteiger partial charge in [-0.15, -0.1) is 0 Å². The first kappa shape index (κ1) is 13.4. The highest BCUT2D eigenvalue weighted by Crippen LogP contribution is 2.34. The van der Waals surface area contributed by atoms with Gasteiger partial charge in [-0.25, -0.2) is 4.79 Å². The van der Waals surface area contributed by atoms with Crippen LogP contribution in [0, 0.1) is 0 Å². The summed E-state index contributed by atoms with van der Waals surface area (Å²) in [6, 6.07) is 0.347. The van der Waals surface area contributed by atoms with Crippen LogP contribution in [0.3, 0.4) is 0 Å². The molecular weight excluding hydrogens is 265 g/mol. The van der Waals surface area contributed by atoms with Crippen LogP contribution in [0.25, 0.3) is 0 Å². The molecule has 1 aromatic rings. The molecule has 104 valence electrons. The predicted octanol–water partition coefficient (Wildman–Crippen LogP) is 1.77. The molecule has 0 bridgehead atoms. The molecule has 1 aromatic heterocycles. The van der Waals surface area contributed by atoms with Crippen molar-refractivity contribution in [2.24, 2.45) is 0 Å². The molecule has 0 aliphatic carbocycles. The minimum atomic E-state index is -4.88. The lowest BCUT2D eigenvalue weighted by Crippen LogP contribution is -2.28. The molecule has 0 aromatic carbocycles. The van der Waals surface area contributed by atoms with E-state index in [2.05, 4.69) is 5.32 Å². The van der Waals surface area contributed by atoms with Crippen LogP contribution in [0.5, 0.6) is 0 Å². The molecule has 8 heteroatoms. The Labute approximate surface area is 105 Å². The summed E-state index contributed by atoms with van der Waals surface area (Å²) in [4.78, 5) is 22.8. The van der Waals surface area contributed by atoms with Crippen molar-refractivity contribution in [1.82, 2.24) is 4.57 Å². The van der Waals surface area contributed by atoms with E-state index in [1.807, 2.05) is 0 Å². The molecule has 0 spiro atoms. The minimum Gasteiger partial charge on any atom is -0.478 e. The lowest BCUT2D eigenvalue weighted by molar-refractivity contribution is -0.138. The number of hydrogen-bond acceptors (Lipinski definition) is 3. The molecule has 0 saturated heterocycles. The van der Waals surface area contributed by atoms with Gasteiger partial charge < -0.3 is 10.4 Å². The molecule has 0 fully saturated rings. The largest absolute Gasteiger partial charge is 0.478 e. The van der Waals surface area contributed by atoms with Crippen LogP contribution in [0.4, 0.5) is 19.0 Å². The minimum absolute atomic E-state index is 0.208. The van der Waals surface area contributed by atoms with Crippen molar-refractivity contribution in [2.45, 2.75) is 25.6 Å².